The van der Waals surface area contributed by atoms with Gasteiger partial charge in [0.1, 0.15) is 0 Å². The van der Waals surface area contributed by atoms with Gasteiger partial charge in [0.15, 0.2) is 5.65 Å². The van der Waals surface area contributed by atoms with Crippen LogP contribution in [0, 0.1) is 0 Å². The molecule has 6 nitrogen and oxygen atoms in total. The van der Waals surface area contributed by atoms with E-state index in [4.69, 9.17) is 0 Å². The minimum atomic E-state index is 0.460. The Morgan fingerprint density at radius 3 is 3.00 bits per heavy atom. The van der Waals surface area contributed by atoms with Crippen LogP contribution in [0.15, 0.2) is 12.4 Å². The second-order valence-electron chi connectivity index (χ2n) is 4.09. The predicted octanol–water partition coefficient (Wildman–Crippen LogP) is 0.840. The van der Waals surface area contributed by atoms with Gasteiger partial charge in [0.2, 0.25) is 0 Å². The topological polar surface area (TPSA) is 68.0 Å². The van der Waals surface area contributed by atoms with Crippen LogP contribution in [0.1, 0.15) is 32.4 Å². The largest absolute Gasteiger partial charge is 0.314 e. The van der Waals surface area contributed by atoms with E-state index in [2.05, 4.69) is 39.7 Å². The summed E-state index contributed by atoms with van der Waals surface area (Å²) in [6.45, 7) is 5.29. The summed E-state index contributed by atoms with van der Waals surface area (Å²) in [6.07, 6.45) is 6.72. The molecule has 1 N–H and O–H groups in total. The van der Waals surface area contributed by atoms with Gasteiger partial charge < -0.3 is 5.32 Å². The molecule has 0 bridgehead atoms. The molecule has 2 heterocycles. The molecule has 92 valence electrons. The fraction of sp³-hybridized carbons (Fsp3) is 0.636. The molecule has 1 atom stereocenters. The molecule has 17 heavy (non-hydrogen) atoms. The maximum atomic E-state index is 4.17. The number of hydrogen-bond acceptors (Lipinski definition) is 5. The van der Waals surface area contributed by atoms with Gasteiger partial charge in [0.25, 0.3) is 0 Å². The average Bonchev–Trinajstić information content (AvgIpc) is 2.79. The summed E-state index contributed by atoms with van der Waals surface area (Å²) < 4.78 is 1.76. The van der Waals surface area contributed by atoms with Gasteiger partial charge in [0, 0.05) is 18.7 Å². The lowest BCUT2D eigenvalue weighted by molar-refractivity contribution is 0.476. The molecule has 0 radical (unpaired) electrons. The molecular formula is C11H18N6. The standard InChI is InChI=1S/C11H18N6/c1-3-5-9(13-4-2)6-10-7-12-8-11-14-15-16-17(10)11/h7-9,13H,3-6H2,1-2H3. The number of hydrogen-bond donors (Lipinski definition) is 1. The number of aromatic nitrogens is 5. The third-order valence-electron chi connectivity index (χ3n) is 2.76. The number of rotatable bonds is 6. The van der Waals surface area contributed by atoms with E-state index in [-0.39, 0.29) is 0 Å². The highest BCUT2D eigenvalue weighted by Crippen LogP contribution is 2.07. The van der Waals surface area contributed by atoms with Crippen molar-refractivity contribution in [3.05, 3.63) is 18.1 Å². The third kappa shape index (κ3) is 2.76. The molecule has 0 saturated heterocycles. The van der Waals surface area contributed by atoms with E-state index in [1.54, 1.807) is 10.7 Å². The van der Waals surface area contributed by atoms with Crippen molar-refractivity contribution >= 4 is 5.65 Å². The van der Waals surface area contributed by atoms with Crippen LogP contribution in [-0.2, 0) is 6.42 Å². The van der Waals surface area contributed by atoms with Gasteiger partial charge in [-0.25, -0.2) is 0 Å². The second-order valence-corrected chi connectivity index (χ2v) is 4.09. The van der Waals surface area contributed by atoms with Crippen LogP contribution < -0.4 is 5.32 Å². The number of nitrogens with zero attached hydrogens (tertiary/aromatic N) is 5. The fourth-order valence-electron chi connectivity index (χ4n) is 2.03. The van der Waals surface area contributed by atoms with E-state index in [0.29, 0.717) is 11.7 Å². The first-order chi connectivity index (χ1) is 8.35. The van der Waals surface area contributed by atoms with Crippen LogP contribution in [0.4, 0.5) is 0 Å². The molecule has 0 aromatic carbocycles. The molecule has 1 unspecified atom stereocenters. The molecule has 0 fully saturated rings. The van der Waals surface area contributed by atoms with E-state index >= 15 is 0 Å². The van der Waals surface area contributed by atoms with E-state index in [1.807, 2.05) is 6.20 Å². The van der Waals surface area contributed by atoms with Gasteiger partial charge in [-0.05, 0) is 23.4 Å². The molecule has 2 aromatic rings. The molecule has 0 aliphatic carbocycles. The predicted molar refractivity (Wildman–Crippen MR) is 64.7 cm³/mol. The lowest BCUT2D eigenvalue weighted by Crippen LogP contribution is -2.31. The summed E-state index contributed by atoms with van der Waals surface area (Å²) in [5.74, 6) is 0. The highest BCUT2D eigenvalue weighted by atomic mass is 15.5. The van der Waals surface area contributed by atoms with Crippen molar-refractivity contribution < 1.29 is 0 Å². The number of likely N-dealkylation sites (N-methyl/N-ethyl adjacent to an activating group) is 1. The zero-order chi connectivity index (χ0) is 12.1. The molecule has 0 amide bonds. The monoisotopic (exact) mass is 234 g/mol. The number of tetrazole rings is 1. The first kappa shape index (κ1) is 11.9. The minimum Gasteiger partial charge on any atom is -0.314 e. The summed E-state index contributed by atoms with van der Waals surface area (Å²) >= 11 is 0. The molecule has 0 aliphatic heterocycles. The molecular weight excluding hydrogens is 216 g/mol. The fourth-order valence-corrected chi connectivity index (χ4v) is 2.03. The first-order valence-corrected chi connectivity index (χ1v) is 6.09. The van der Waals surface area contributed by atoms with E-state index in [9.17, 15) is 0 Å². The lowest BCUT2D eigenvalue weighted by atomic mass is 10.1. The van der Waals surface area contributed by atoms with Gasteiger partial charge in [-0.15, -0.1) is 5.10 Å². The maximum Gasteiger partial charge on any atom is 0.197 e. The van der Waals surface area contributed by atoms with E-state index in [0.717, 1.165) is 31.5 Å². The smallest absolute Gasteiger partial charge is 0.197 e. The Morgan fingerprint density at radius 2 is 2.24 bits per heavy atom. The van der Waals surface area contributed by atoms with Crippen molar-refractivity contribution in [1.29, 1.82) is 0 Å². The number of fused-ring (bicyclic) bond motifs is 1. The molecule has 0 spiro atoms. The normalized spacial score (nSPS) is 13.1. The van der Waals surface area contributed by atoms with Gasteiger partial charge in [-0.3, -0.25) is 4.98 Å². The van der Waals surface area contributed by atoms with Crippen LogP contribution in [-0.4, -0.2) is 37.6 Å². The van der Waals surface area contributed by atoms with Crippen molar-refractivity contribution in [2.24, 2.45) is 0 Å². The Hall–Kier alpha value is -1.56. The Morgan fingerprint density at radius 1 is 1.35 bits per heavy atom. The Labute approximate surface area is 100 Å². The summed E-state index contributed by atoms with van der Waals surface area (Å²) in [4.78, 5) is 4.17. The summed E-state index contributed by atoms with van der Waals surface area (Å²) in [5.41, 5.74) is 1.75. The highest BCUT2D eigenvalue weighted by Gasteiger charge is 2.11. The van der Waals surface area contributed by atoms with Crippen LogP contribution in [0.2, 0.25) is 0 Å². The lowest BCUT2D eigenvalue weighted by Gasteiger charge is -2.16. The summed E-state index contributed by atoms with van der Waals surface area (Å²) in [7, 11) is 0. The SMILES string of the molecule is CCCC(Cc1cncc2nnnn12)NCC. The van der Waals surface area contributed by atoms with Gasteiger partial charge in [0.05, 0.1) is 11.9 Å². The third-order valence-corrected chi connectivity index (χ3v) is 2.76. The first-order valence-electron chi connectivity index (χ1n) is 6.09. The van der Waals surface area contributed by atoms with E-state index < -0.39 is 0 Å². The molecule has 2 aromatic heterocycles. The summed E-state index contributed by atoms with van der Waals surface area (Å²) in [6, 6.07) is 0.460. The van der Waals surface area contributed by atoms with Crippen molar-refractivity contribution in [3.8, 4) is 0 Å². The average molecular weight is 234 g/mol. The zero-order valence-electron chi connectivity index (χ0n) is 10.3. The van der Waals surface area contributed by atoms with Crippen LogP contribution in [0.5, 0.6) is 0 Å². The highest BCUT2D eigenvalue weighted by molar-refractivity contribution is 5.32. The summed E-state index contributed by atoms with van der Waals surface area (Å²) in [5, 5.41) is 15.0. The maximum absolute atomic E-state index is 4.17. The molecule has 6 heteroatoms. The van der Waals surface area contributed by atoms with Crippen LogP contribution in [0.25, 0.3) is 5.65 Å². The van der Waals surface area contributed by atoms with Crippen LogP contribution in [0.3, 0.4) is 0 Å². The molecule has 2 rings (SSSR count). The second kappa shape index (κ2) is 5.67. The molecule has 0 aliphatic rings. The van der Waals surface area contributed by atoms with Gasteiger partial charge in [-0.2, -0.15) is 4.52 Å². The van der Waals surface area contributed by atoms with Crippen molar-refractivity contribution in [2.45, 2.75) is 39.2 Å². The number of nitrogens with one attached hydrogen (secondary N) is 1. The van der Waals surface area contributed by atoms with Crippen LogP contribution >= 0.6 is 0 Å². The minimum absolute atomic E-state index is 0.460. The Kier molecular flexibility index (Phi) is 3.98. The van der Waals surface area contributed by atoms with E-state index in [1.165, 1.54) is 0 Å². The Balaban J connectivity index is 2.18. The molecule has 0 saturated carbocycles. The zero-order valence-corrected chi connectivity index (χ0v) is 10.3. The van der Waals surface area contributed by atoms with Gasteiger partial charge >= 0.3 is 0 Å². The van der Waals surface area contributed by atoms with Gasteiger partial charge in [-0.1, -0.05) is 20.3 Å². The van der Waals surface area contributed by atoms with Crippen molar-refractivity contribution in [2.75, 3.05) is 6.54 Å². The quantitative estimate of drug-likeness (QED) is 0.802. The Bertz CT molecular complexity index is 460. The van der Waals surface area contributed by atoms with Crippen molar-refractivity contribution in [1.82, 2.24) is 30.3 Å². The van der Waals surface area contributed by atoms with Crippen molar-refractivity contribution in [3.63, 3.8) is 0 Å².